The van der Waals surface area contributed by atoms with Gasteiger partial charge in [-0.05, 0) is 78.6 Å². The molecule has 0 aliphatic carbocycles. The van der Waals surface area contributed by atoms with Crippen LogP contribution in [0.1, 0.15) is 49.3 Å². The van der Waals surface area contributed by atoms with Crippen molar-refractivity contribution in [3.63, 3.8) is 0 Å². The van der Waals surface area contributed by atoms with Crippen LogP contribution in [0.2, 0.25) is 0 Å². The number of rotatable bonds is 14. The average Bonchev–Trinajstić information content (AvgIpc) is 3.27. The molecule has 3 heterocycles. The highest BCUT2D eigenvalue weighted by Gasteiger charge is 2.26. The van der Waals surface area contributed by atoms with Crippen molar-refractivity contribution in [2.45, 2.75) is 50.9 Å². The zero-order chi connectivity index (χ0) is 41.8. The first-order valence-corrected chi connectivity index (χ1v) is 20.6. The van der Waals surface area contributed by atoms with Crippen molar-refractivity contribution in [2.24, 2.45) is 5.92 Å². The lowest BCUT2D eigenvalue weighted by molar-refractivity contribution is -0.133. The number of fused-ring (bicyclic) bond motifs is 1. The van der Waals surface area contributed by atoms with Gasteiger partial charge >= 0.3 is 12.2 Å². The number of aromatic nitrogens is 1. The Hall–Kier alpha value is -6.22. The zero-order valence-corrected chi connectivity index (χ0v) is 33.5. The first-order chi connectivity index (χ1) is 29.2. The van der Waals surface area contributed by atoms with E-state index in [9.17, 15) is 29.4 Å². The Labute approximate surface area is 348 Å². The summed E-state index contributed by atoms with van der Waals surface area (Å²) in [5.74, 6) is 0.240. The van der Waals surface area contributed by atoms with E-state index in [0.29, 0.717) is 67.8 Å². The van der Waals surface area contributed by atoms with E-state index in [1.807, 2.05) is 71.6 Å². The second kappa shape index (κ2) is 20.2. The van der Waals surface area contributed by atoms with E-state index in [2.05, 4.69) is 25.8 Å². The molecule has 2 aliphatic heterocycles. The summed E-state index contributed by atoms with van der Waals surface area (Å²) in [6, 6.07) is 30.9. The lowest BCUT2D eigenvalue weighted by Crippen LogP contribution is -2.43. The number of likely N-dealkylation sites (tertiary alicyclic amines) is 2. The number of amides is 3. The SMILES string of the molecule is O=C(Nc1ccc(CNCC(O)c2ccc(O)c3[nH]c(=O)ccc23)cc1)OCC1CCN(C(=O)CCN2CCC(OC(=O)Nc3ccccc3-c3ccccc3)CC2)CC1. The predicted molar refractivity (Wildman–Crippen MR) is 230 cm³/mol. The molecule has 0 spiro atoms. The van der Waals surface area contributed by atoms with Crippen LogP contribution in [0.4, 0.5) is 21.0 Å². The maximum Gasteiger partial charge on any atom is 0.411 e. The number of aromatic amines is 1. The van der Waals surface area contributed by atoms with E-state index in [1.54, 1.807) is 24.3 Å². The van der Waals surface area contributed by atoms with Crippen LogP contribution in [-0.4, -0.2) is 95.1 Å². The number of aliphatic hydroxyl groups excluding tert-OH is 1. The second-order valence-corrected chi connectivity index (χ2v) is 15.4. The smallest absolute Gasteiger partial charge is 0.411 e. The summed E-state index contributed by atoms with van der Waals surface area (Å²) in [6.07, 6.45) is 1.34. The van der Waals surface area contributed by atoms with Gasteiger partial charge in [0.15, 0.2) is 0 Å². The number of para-hydroxylation sites is 1. The fraction of sp³-hybridized carbons (Fsp3) is 0.348. The van der Waals surface area contributed by atoms with Crippen molar-refractivity contribution in [2.75, 3.05) is 56.5 Å². The predicted octanol–water partition coefficient (Wildman–Crippen LogP) is 6.61. The lowest BCUT2D eigenvalue weighted by Gasteiger charge is -2.34. The first-order valence-electron chi connectivity index (χ1n) is 20.6. The van der Waals surface area contributed by atoms with E-state index < -0.39 is 18.3 Å². The number of phenols is 1. The maximum absolute atomic E-state index is 13.1. The Kier molecular flexibility index (Phi) is 14.1. The Bertz CT molecular complexity index is 2290. The molecule has 1 atom stereocenters. The number of aliphatic hydroxyl groups is 1. The van der Waals surface area contributed by atoms with Crippen LogP contribution in [0.5, 0.6) is 5.75 Å². The van der Waals surface area contributed by atoms with Gasteiger partial charge in [0, 0.05) is 74.9 Å². The molecule has 1 unspecified atom stereocenters. The molecule has 2 saturated heterocycles. The minimum absolute atomic E-state index is 0.0612. The van der Waals surface area contributed by atoms with Crippen molar-refractivity contribution in [3.8, 4) is 16.9 Å². The highest BCUT2D eigenvalue weighted by atomic mass is 16.6. The number of carbonyl (C=O) groups excluding carboxylic acids is 3. The molecule has 2 aliphatic rings. The van der Waals surface area contributed by atoms with Crippen LogP contribution >= 0.6 is 0 Å². The van der Waals surface area contributed by atoms with Gasteiger partial charge in [-0.3, -0.25) is 20.2 Å². The molecule has 0 saturated carbocycles. The highest BCUT2D eigenvalue weighted by molar-refractivity contribution is 5.91. The molecular weight excluding hydrogens is 765 g/mol. The fourth-order valence-corrected chi connectivity index (χ4v) is 7.83. The molecule has 4 aromatic carbocycles. The molecule has 314 valence electrons. The maximum atomic E-state index is 13.1. The summed E-state index contributed by atoms with van der Waals surface area (Å²) in [4.78, 5) is 56.9. The number of aromatic hydroxyl groups is 1. The van der Waals surface area contributed by atoms with Crippen molar-refractivity contribution in [3.05, 3.63) is 125 Å². The standard InChI is InChI=1S/C46H52N6O8/c53-40-16-14-37(38-15-17-42(55)50-44(38)40)41(54)29-47-28-31-10-12-34(13-11-31)48-45(57)59-30-32-18-26-52(27-19-32)43(56)22-25-51-23-20-35(21-24-51)60-46(58)49-39-9-5-4-8-36(39)33-6-2-1-3-7-33/h1-17,32,35,41,47,53-54H,18-30H2,(H,48,57)(H,49,58)(H,50,55). The molecule has 5 aromatic rings. The van der Waals surface area contributed by atoms with Crippen molar-refractivity contribution < 1.29 is 34.1 Å². The third-order valence-corrected chi connectivity index (χ3v) is 11.2. The highest BCUT2D eigenvalue weighted by Crippen LogP contribution is 2.30. The molecule has 14 heteroatoms. The normalized spacial score (nSPS) is 15.7. The van der Waals surface area contributed by atoms with Crippen molar-refractivity contribution in [1.82, 2.24) is 20.1 Å². The van der Waals surface area contributed by atoms with Gasteiger partial charge in [0.05, 0.1) is 23.9 Å². The molecule has 0 bridgehead atoms. The number of nitrogens with zero attached hydrogens (tertiary/aromatic N) is 2. The van der Waals surface area contributed by atoms with E-state index in [1.165, 1.54) is 12.1 Å². The number of benzene rings is 4. The third kappa shape index (κ3) is 11.3. The van der Waals surface area contributed by atoms with E-state index in [-0.39, 0.29) is 47.9 Å². The van der Waals surface area contributed by atoms with Crippen LogP contribution in [0.15, 0.2) is 108 Å². The van der Waals surface area contributed by atoms with Crippen molar-refractivity contribution >= 4 is 40.4 Å². The molecule has 6 N–H and O–H groups in total. The van der Waals surface area contributed by atoms with Gasteiger partial charge in [0.25, 0.3) is 0 Å². The van der Waals surface area contributed by atoms with Crippen LogP contribution in [0.25, 0.3) is 22.0 Å². The van der Waals surface area contributed by atoms with Gasteiger partial charge in [-0.25, -0.2) is 9.59 Å². The number of H-pyrrole nitrogens is 1. The number of anilines is 2. The first kappa shape index (κ1) is 41.9. The van der Waals surface area contributed by atoms with Crippen LogP contribution in [0.3, 0.4) is 0 Å². The Morgan fingerprint density at radius 3 is 2.30 bits per heavy atom. The quantitative estimate of drug-likeness (QED) is 0.0713. The Morgan fingerprint density at radius 2 is 1.53 bits per heavy atom. The monoisotopic (exact) mass is 816 g/mol. The number of pyridine rings is 1. The Balaban J connectivity index is 0.743. The minimum Gasteiger partial charge on any atom is -0.506 e. The van der Waals surface area contributed by atoms with Gasteiger partial charge in [0.2, 0.25) is 11.5 Å². The number of phenolic OH excluding ortho intramolecular Hbond substituents is 1. The zero-order valence-electron chi connectivity index (χ0n) is 33.5. The number of nitrogens with one attached hydrogen (secondary N) is 4. The largest absolute Gasteiger partial charge is 0.506 e. The molecule has 0 radical (unpaired) electrons. The molecule has 1 aromatic heterocycles. The summed E-state index contributed by atoms with van der Waals surface area (Å²) in [5, 5.41) is 30.4. The molecule has 2 fully saturated rings. The van der Waals surface area contributed by atoms with Crippen LogP contribution in [0, 0.1) is 5.92 Å². The average molecular weight is 817 g/mol. The summed E-state index contributed by atoms with van der Waals surface area (Å²) < 4.78 is 11.3. The number of piperidine rings is 2. The molecule has 7 rings (SSSR count). The van der Waals surface area contributed by atoms with Gasteiger partial charge in [0.1, 0.15) is 11.9 Å². The van der Waals surface area contributed by atoms with Gasteiger partial charge < -0.3 is 39.8 Å². The van der Waals surface area contributed by atoms with Crippen LogP contribution in [-0.2, 0) is 20.8 Å². The lowest BCUT2D eigenvalue weighted by atomic mass is 9.97. The minimum atomic E-state index is -0.872. The fourth-order valence-electron chi connectivity index (χ4n) is 7.83. The number of carbonyl (C=O) groups is 3. The van der Waals surface area contributed by atoms with Gasteiger partial charge in [-0.2, -0.15) is 0 Å². The number of hydrogen-bond acceptors (Lipinski definition) is 10. The molecular formula is C46H52N6O8. The topological polar surface area (TPSA) is 186 Å². The summed E-state index contributed by atoms with van der Waals surface area (Å²) >= 11 is 0. The van der Waals surface area contributed by atoms with Gasteiger partial charge in [-0.15, -0.1) is 0 Å². The second-order valence-electron chi connectivity index (χ2n) is 15.4. The van der Waals surface area contributed by atoms with Crippen molar-refractivity contribution in [1.29, 1.82) is 0 Å². The molecule has 3 amide bonds. The summed E-state index contributed by atoms with van der Waals surface area (Å²) in [5.41, 5.74) is 4.72. The Morgan fingerprint density at radius 1 is 0.800 bits per heavy atom. The summed E-state index contributed by atoms with van der Waals surface area (Å²) in [6.45, 7) is 4.43. The molecule has 14 nitrogen and oxygen atoms in total. The van der Waals surface area contributed by atoms with Gasteiger partial charge in [-0.1, -0.05) is 66.7 Å². The summed E-state index contributed by atoms with van der Waals surface area (Å²) in [7, 11) is 0. The molecule has 60 heavy (non-hydrogen) atoms. The number of ether oxygens (including phenoxy) is 2. The third-order valence-electron chi connectivity index (χ3n) is 11.2. The number of hydrogen-bond donors (Lipinski definition) is 6. The van der Waals surface area contributed by atoms with E-state index in [4.69, 9.17) is 9.47 Å². The van der Waals surface area contributed by atoms with Crippen LogP contribution < -0.4 is 21.5 Å². The van der Waals surface area contributed by atoms with E-state index >= 15 is 0 Å². The van der Waals surface area contributed by atoms with E-state index in [0.717, 1.165) is 42.6 Å².